The van der Waals surface area contributed by atoms with Crippen LogP contribution in [0, 0.1) is 0 Å². The molecule has 2 heterocycles. The Morgan fingerprint density at radius 1 is 1.22 bits per heavy atom. The van der Waals surface area contributed by atoms with Gasteiger partial charge in [0.1, 0.15) is 0 Å². The van der Waals surface area contributed by atoms with Gasteiger partial charge in [0, 0.05) is 17.3 Å². The normalized spacial score (nSPS) is 14.8. The molecule has 120 valence electrons. The van der Waals surface area contributed by atoms with Crippen LogP contribution in [0.5, 0.6) is 0 Å². The second-order valence-corrected chi connectivity index (χ2v) is 5.75. The fraction of sp³-hybridized carbons (Fsp3) is 0.353. The maximum absolute atomic E-state index is 12.2. The van der Waals surface area contributed by atoms with Gasteiger partial charge in [-0.2, -0.15) is 0 Å². The number of Topliss-reactive ketones (excluding diaryl/α,β-unsaturated/α-hetero) is 1. The Morgan fingerprint density at radius 3 is 2.57 bits per heavy atom. The number of nitrogens with zero attached hydrogens (tertiary/aromatic N) is 2. The summed E-state index contributed by atoms with van der Waals surface area (Å²) in [5.74, 6) is 0.368. The van der Waals surface area contributed by atoms with Gasteiger partial charge in [0.25, 0.3) is 5.91 Å². The van der Waals surface area contributed by atoms with Crippen LogP contribution in [0.1, 0.15) is 46.4 Å². The summed E-state index contributed by atoms with van der Waals surface area (Å²) in [7, 11) is 0. The van der Waals surface area contributed by atoms with E-state index >= 15 is 0 Å². The van der Waals surface area contributed by atoms with E-state index in [1.165, 1.54) is 19.8 Å². The van der Waals surface area contributed by atoms with Gasteiger partial charge in [-0.25, -0.2) is 0 Å². The smallest absolute Gasteiger partial charge is 0.277 e. The monoisotopic (exact) mass is 313 g/mol. The first-order chi connectivity index (χ1) is 11.1. The lowest BCUT2D eigenvalue weighted by Gasteiger charge is -2.10. The number of ketones is 1. The highest BCUT2D eigenvalue weighted by molar-refractivity contribution is 6.03. The van der Waals surface area contributed by atoms with Crippen molar-refractivity contribution in [2.24, 2.45) is 0 Å². The number of carbonyl (C=O) groups is 2. The molecule has 0 aliphatic carbocycles. The third-order valence-corrected chi connectivity index (χ3v) is 3.92. The Hall–Kier alpha value is -2.47. The molecule has 1 saturated heterocycles. The maximum Gasteiger partial charge on any atom is 0.277 e. The highest BCUT2D eigenvalue weighted by Gasteiger charge is 2.17. The molecule has 0 unspecified atom stereocenters. The molecule has 1 aromatic carbocycles. The van der Waals surface area contributed by atoms with Crippen LogP contribution in [-0.4, -0.2) is 34.8 Å². The summed E-state index contributed by atoms with van der Waals surface area (Å²) in [4.78, 5) is 25.7. The fourth-order valence-electron chi connectivity index (χ4n) is 2.64. The van der Waals surface area contributed by atoms with Gasteiger partial charge in [0.15, 0.2) is 17.2 Å². The van der Waals surface area contributed by atoms with E-state index in [1.807, 2.05) is 0 Å². The second-order valence-electron chi connectivity index (χ2n) is 5.75. The Morgan fingerprint density at radius 2 is 1.91 bits per heavy atom. The van der Waals surface area contributed by atoms with Crippen molar-refractivity contribution in [1.29, 1.82) is 0 Å². The van der Waals surface area contributed by atoms with Crippen molar-refractivity contribution in [3.05, 3.63) is 47.3 Å². The molecule has 0 spiro atoms. The summed E-state index contributed by atoms with van der Waals surface area (Å²) in [5, 5.41) is 6.58. The lowest BCUT2D eigenvalue weighted by Crippen LogP contribution is -2.18. The third kappa shape index (κ3) is 3.84. The van der Waals surface area contributed by atoms with Crippen LogP contribution in [-0.2, 0) is 6.54 Å². The minimum atomic E-state index is -0.322. The molecule has 1 fully saturated rings. The lowest BCUT2D eigenvalue weighted by molar-refractivity contribution is 0.101. The molecule has 0 atom stereocenters. The Labute approximate surface area is 134 Å². The van der Waals surface area contributed by atoms with Crippen molar-refractivity contribution in [3.8, 4) is 0 Å². The van der Waals surface area contributed by atoms with Crippen LogP contribution in [0.3, 0.4) is 0 Å². The number of benzene rings is 1. The van der Waals surface area contributed by atoms with E-state index in [4.69, 9.17) is 4.52 Å². The molecule has 1 aliphatic heterocycles. The van der Waals surface area contributed by atoms with Gasteiger partial charge in [-0.1, -0.05) is 5.16 Å². The summed E-state index contributed by atoms with van der Waals surface area (Å²) >= 11 is 0. The fourth-order valence-corrected chi connectivity index (χ4v) is 2.64. The highest BCUT2D eigenvalue weighted by Crippen LogP contribution is 2.15. The number of hydrogen-bond donors (Lipinski definition) is 1. The minimum absolute atomic E-state index is 0.00840. The van der Waals surface area contributed by atoms with Gasteiger partial charge in [0.2, 0.25) is 0 Å². The third-order valence-electron chi connectivity index (χ3n) is 3.92. The number of anilines is 1. The standard InChI is InChI=1S/C17H19N3O3/c1-12(21)13-4-6-14(7-5-13)18-17(22)16-10-15(23-19-16)11-20-8-2-3-9-20/h4-7,10H,2-3,8-9,11H2,1H3,(H,18,22). The minimum Gasteiger partial charge on any atom is -0.359 e. The number of amides is 1. The summed E-state index contributed by atoms with van der Waals surface area (Å²) < 4.78 is 5.24. The van der Waals surface area contributed by atoms with Crippen LogP contribution in [0.25, 0.3) is 0 Å². The van der Waals surface area contributed by atoms with Gasteiger partial charge >= 0.3 is 0 Å². The molecule has 3 rings (SSSR count). The zero-order valence-corrected chi connectivity index (χ0v) is 13.0. The molecule has 23 heavy (non-hydrogen) atoms. The largest absolute Gasteiger partial charge is 0.359 e. The molecule has 0 bridgehead atoms. The zero-order valence-electron chi connectivity index (χ0n) is 13.0. The highest BCUT2D eigenvalue weighted by atomic mass is 16.5. The van der Waals surface area contributed by atoms with Gasteiger partial charge in [0.05, 0.1) is 6.54 Å². The lowest BCUT2D eigenvalue weighted by atomic mass is 10.1. The first-order valence-electron chi connectivity index (χ1n) is 7.72. The van der Waals surface area contributed by atoms with Crippen LogP contribution in [0.4, 0.5) is 5.69 Å². The SMILES string of the molecule is CC(=O)c1ccc(NC(=O)c2cc(CN3CCCC3)on2)cc1. The summed E-state index contributed by atoms with van der Waals surface area (Å²) in [6.07, 6.45) is 2.41. The van der Waals surface area contributed by atoms with E-state index in [0.29, 0.717) is 23.6 Å². The predicted molar refractivity (Wildman–Crippen MR) is 85.4 cm³/mol. The van der Waals surface area contributed by atoms with Gasteiger partial charge in [-0.15, -0.1) is 0 Å². The molecular formula is C17H19N3O3. The Kier molecular flexibility index (Phi) is 4.52. The van der Waals surface area contributed by atoms with E-state index in [2.05, 4.69) is 15.4 Å². The Balaban J connectivity index is 1.61. The molecule has 6 nitrogen and oxygen atoms in total. The van der Waals surface area contributed by atoms with Gasteiger partial charge in [-0.3, -0.25) is 14.5 Å². The van der Waals surface area contributed by atoms with Crippen molar-refractivity contribution >= 4 is 17.4 Å². The first-order valence-corrected chi connectivity index (χ1v) is 7.72. The molecule has 1 aromatic heterocycles. The van der Waals surface area contributed by atoms with E-state index in [1.54, 1.807) is 30.3 Å². The number of rotatable bonds is 5. The average molecular weight is 313 g/mol. The number of aromatic nitrogens is 1. The number of hydrogen-bond acceptors (Lipinski definition) is 5. The van der Waals surface area contributed by atoms with Crippen molar-refractivity contribution in [2.75, 3.05) is 18.4 Å². The predicted octanol–water partition coefficient (Wildman–Crippen LogP) is 2.73. The summed E-state index contributed by atoms with van der Waals surface area (Å²) in [6.45, 7) is 4.31. The molecular weight excluding hydrogens is 294 g/mol. The van der Waals surface area contributed by atoms with Crippen molar-refractivity contribution in [1.82, 2.24) is 10.1 Å². The molecule has 1 N–H and O–H groups in total. The van der Waals surface area contributed by atoms with Crippen LogP contribution >= 0.6 is 0 Å². The van der Waals surface area contributed by atoms with Crippen molar-refractivity contribution in [2.45, 2.75) is 26.3 Å². The van der Waals surface area contributed by atoms with Crippen LogP contribution in [0.2, 0.25) is 0 Å². The topological polar surface area (TPSA) is 75.4 Å². The molecule has 0 radical (unpaired) electrons. The van der Waals surface area contributed by atoms with Gasteiger partial charge in [-0.05, 0) is 57.1 Å². The molecule has 1 aliphatic rings. The van der Waals surface area contributed by atoms with Gasteiger partial charge < -0.3 is 9.84 Å². The van der Waals surface area contributed by atoms with Crippen molar-refractivity contribution in [3.63, 3.8) is 0 Å². The van der Waals surface area contributed by atoms with E-state index in [-0.39, 0.29) is 17.4 Å². The Bertz CT molecular complexity index is 700. The zero-order chi connectivity index (χ0) is 16.2. The average Bonchev–Trinajstić information content (AvgIpc) is 3.20. The van der Waals surface area contributed by atoms with E-state index in [0.717, 1.165) is 13.1 Å². The maximum atomic E-state index is 12.2. The van der Waals surface area contributed by atoms with Crippen LogP contribution < -0.4 is 5.32 Å². The summed E-state index contributed by atoms with van der Waals surface area (Å²) in [6, 6.07) is 8.43. The quantitative estimate of drug-likeness (QED) is 0.859. The molecule has 6 heteroatoms. The number of carbonyl (C=O) groups excluding carboxylic acids is 2. The van der Waals surface area contributed by atoms with E-state index < -0.39 is 0 Å². The number of nitrogens with one attached hydrogen (secondary N) is 1. The summed E-state index contributed by atoms with van der Waals surface area (Å²) in [5.41, 5.74) is 1.48. The first kappa shape index (κ1) is 15.4. The second kappa shape index (κ2) is 6.75. The van der Waals surface area contributed by atoms with Crippen LogP contribution in [0.15, 0.2) is 34.9 Å². The van der Waals surface area contributed by atoms with Crippen molar-refractivity contribution < 1.29 is 14.1 Å². The molecule has 0 saturated carbocycles. The number of likely N-dealkylation sites (tertiary alicyclic amines) is 1. The molecule has 1 amide bonds. The van der Waals surface area contributed by atoms with E-state index in [9.17, 15) is 9.59 Å². The molecule has 2 aromatic rings.